The first-order chi connectivity index (χ1) is 11.9. The van der Waals surface area contributed by atoms with E-state index >= 15 is 0 Å². The van der Waals surface area contributed by atoms with Gasteiger partial charge in [0.15, 0.2) is 30.6 Å². The van der Waals surface area contributed by atoms with Crippen LogP contribution in [0.25, 0.3) is 44.7 Å². The summed E-state index contributed by atoms with van der Waals surface area (Å²) in [5.74, 6) is 0. The molecule has 0 aliphatic rings. The van der Waals surface area contributed by atoms with E-state index in [1.807, 2.05) is 12.1 Å². The van der Waals surface area contributed by atoms with Gasteiger partial charge >= 0.3 is 8.56 Å². The summed E-state index contributed by atoms with van der Waals surface area (Å²) in [7, 11) is -5.64. The normalized spacial score (nSPS) is 15.4. The molecule has 0 spiro atoms. The summed E-state index contributed by atoms with van der Waals surface area (Å²) >= 11 is 0. The highest BCUT2D eigenvalue weighted by molar-refractivity contribution is 7.02. The first kappa shape index (κ1) is 14.4. The van der Waals surface area contributed by atoms with Crippen molar-refractivity contribution in [2.45, 2.75) is 26.2 Å². The summed E-state index contributed by atoms with van der Waals surface area (Å²) in [6, 6.07) is 4.08. The molecule has 6 aromatic rings. The molecule has 0 aliphatic carbocycles. The third kappa shape index (κ3) is 1.95. The fourth-order valence-electron chi connectivity index (χ4n) is 3.44. The summed E-state index contributed by atoms with van der Waals surface area (Å²) < 4.78 is 36.0. The van der Waals surface area contributed by atoms with Crippen molar-refractivity contribution in [3.05, 3.63) is 12.1 Å². The fourth-order valence-corrected chi connectivity index (χ4v) is 13.3. The topological polar surface area (TPSA) is 71.0 Å². The summed E-state index contributed by atoms with van der Waals surface area (Å²) in [5, 5.41) is 2.02. The third-order valence-corrected chi connectivity index (χ3v) is 13.0. The largest absolute Gasteiger partial charge is 0.445 e. The van der Waals surface area contributed by atoms with Crippen LogP contribution in [0.1, 0.15) is 0 Å². The van der Waals surface area contributed by atoms with E-state index in [0.29, 0.717) is 0 Å². The summed E-state index contributed by atoms with van der Waals surface area (Å²) in [5.41, 5.74) is 6.87. The summed E-state index contributed by atoms with van der Waals surface area (Å²) in [6.45, 7) is 8.69. The third-order valence-electron chi connectivity index (χ3n) is 4.48. The Labute approximate surface area is 146 Å². The molecule has 128 valence electrons. The molecule has 0 fully saturated rings. The Hall–Kier alpha value is -1.79. The molecule has 0 unspecified atom stereocenters. The van der Waals surface area contributed by atoms with Crippen LogP contribution >= 0.6 is 0 Å². The maximum atomic E-state index is 6.84. The van der Waals surface area contributed by atoms with Crippen LogP contribution in [0.4, 0.5) is 0 Å². The van der Waals surface area contributed by atoms with E-state index in [-0.39, 0.29) is 0 Å². The van der Waals surface area contributed by atoms with E-state index in [2.05, 4.69) is 26.2 Å². The van der Waals surface area contributed by atoms with Gasteiger partial charge in [-0.1, -0.05) is 6.55 Å². The summed E-state index contributed by atoms with van der Waals surface area (Å²) in [6.07, 6.45) is 0. The van der Waals surface area contributed by atoms with Gasteiger partial charge in [0.1, 0.15) is 9.76 Å². The van der Waals surface area contributed by atoms with Crippen molar-refractivity contribution in [2.24, 2.45) is 0 Å². The van der Waals surface area contributed by atoms with Gasteiger partial charge in [-0.2, -0.15) is 0 Å². The van der Waals surface area contributed by atoms with Gasteiger partial charge in [0.05, 0.1) is 0 Å². The highest BCUT2D eigenvalue weighted by Crippen LogP contribution is 2.42. The van der Waals surface area contributed by atoms with E-state index < -0.39 is 26.6 Å². The van der Waals surface area contributed by atoms with E-state index in [0.717, 1.165) is 55.0 Å². The lowest BCUT2D eigenvalue weighted by Crippen LogP contribution is -2.66. The second kappa shape index (κ2) is 4.13. The molecule has 0 N–H and O–H groups in total. The van der Waals surface area contributed by atoms with Crippen molar-refractivity contribution < 1.29 is 25.9 Å². The maximum Gasteiger partial charge on any atom is 0.394 e. The Morgan fingerprint density at radius 3 is 1.72 bits per heavy atom. The minimum Gasteiger partial charge on any atom is -0.445 e. The lowest BCUT2D eigenvalue weighted by atomic mass is 10.4. The first-order valence-electron chi connectivity index (χ1n) is 8.40. The zero-order chi connectivity index (χ0) is 17.1. The molecule has 0 atom stereocenters. The molecular formula is C16H16O6Si3. The molecule has 2 aromatic carbocycles. The highest BCUT2D eigenvalue weighted by atomic mass is 28.5. The molecule has 6 nitrogen and oxygen atoms in total. The molecule has 0 saturated heterocycles. The van der Waals surface area contributed by atoms with E-state index in [1.54, 1.807) is 0 Å². The molecule has 4 heterocycles. The number of fused-ring (bicyclic) bond motifs is 6. The van der Waals surface area contributed by atoms with Crippen LogP contribution in [0, 0.1) is 0 Å². The average molecular weight is 389 g/mol. The Kier molecular flexibility index (Phi) is 2.37. The minimum atomic E-state index is -2.95. The quantitative estimate of drug-likeness (QED) is 0.409. The SMILES string of the molecule is C[SiH2]O[Si](O[Si](C)(C)C)(c1cc2oc2c2oc12)c1cc2oc2c2oc12. The Morgan fingerprint density at radius 2 is 1.28 bits per heavy atom. The van der Waals surface area contributed by atoms with Crippen LogP contribution in [0.2, 0.25) is 26.2 Å². The molecule has 0 aliphatic heterocycles. The van der Waals surface area contributed by atoms with Gasteiger partial charge in [-0.3, -0.25) is 0 Å². The van der Waals surface area contributed by atoms with Gasteiger partial charge in [-0.25, -0.2) is 0 Å². The average Bonchev–Trinajstić information content (AvgIpc) is 3.40. The first-order valence-corrected chi connectivity index (χ1v) is 15.6. The Bertz CT molecular complexity index is 1190. The number of rotatable bonds is 6. The van der Waals surface area contributed by atoms with Gasteiger partial charge in [-0.15, -0.1) is 0 Å². The van der Waals surface area contributed by atoms with Gasteiger partial charge in [0, 0.05) is 10.4 Å². The van der Waals surface area contributed by atoms with Crippen LogP contribution < -0.4 is 10.4 Å². The second-order valence-electron chi connectivity index (χ2n) is 7.49. The van der Waals surface area contributed by atoms with E-state index in [1.165, 1.54) is 0 Å². The standard InChI is InChI=1S/C16H16O6Si3/c1-23-21-25(22-24(2,3)4,9-5-7-11(17-7)15-13(9)19-15)10-6-8-12(18-8)16-14(10)20-16/h5-6H,23H2,1-4H3. The van der Waals surface area contributed by atoms with Crippen molar-refractivity contribution in [3.8, 4) is 0 Å². The molecular weight excluding hydrogens is 372 g/mol. The van der Waals surface area contributed by atoms with Crippen LogP contribution in [0.5, 0.6) is 0 Å². The molecule has 0 radical (unpaired) electrons. The predicted molar refractivity (Wildman–Crippen MR) is 102 cm³/mol. The summed E-state index contributed by atoms with van der Waals surface area (Å²) in [4.78, 5) is 0. The second-order valence-corrected chi connectivity index (χ2v) is 16.6. The van der Waals surface area contributed by atoms with Crippen molar-refractivity contribution in [1.29, 1.82) is 0 Å². The lowest BCUT2D eigenvalue weighted by molar-refractivity contribution is 0.431. The van der Waals surface area contributed by atoms with Crippen LogP contribution in [0.15, 0.2) is 29.8 Å². The smallest absolute Gasteiger partial charge is 0.394 e. The number of hydrogen-bond donors (Lipinski definition) is 0. The Morgan fingerprint density at radius 1 is 0.760 bits per heavy atom. The van der Waals surface area contributed by atoms with Crippen LogP contribution in [0.3, 0.4) is 0 Å². The van der Waals surface area contributed by atoms with Gasteiger partial charge in [0.2, 0.25) is 22.3 Å². The zero-order valence-electron chi connectivity index (χ0n) is 14.3. The van der Waals surface area contributed by atoms with Gasteiger partial charge in [0.25, 0.3) is 0 Å². The predicted octanol–water partition coefficient (Wildman–Crippen LogP) is 2.98. The van der Waals surface area contributed by atoms with Gasteiger partial charge < -0.3 is 25.9 Å². The van der Waals surface area contributed by atoms with Crippen LogP contribution in [-0.4, -0.2) is 26.6 Å². The molecule has 0 saturated carbocycles. The van der Waals surface area contributed by atoms with Gasteiger partial charge in [-0.05, 0) is 31.8 Å². The van der Waals surface area contributed by atoms with Crippen molar-refractivity contribution in [2.75, 3.05) is 0 Å². The molecule has 0 amide bonds. The highest BCUT2D eigenvalue weighted by Gasteiger charge is 2.53. The maximum absolute atomic E-state index is 6.84. The molecule has 4 aromatic heterocycles. The monoisotopic (exact) mass is 388 g/mol. The number of benzene rings is 2. The Balaban J connectivity index is 1.64. The molecule has 25 heavy (non-hydrogen) atoms. The molecule has 0 bridgehead atoms. The fraction of sp³-hybridized carbons (Fsp3) is 0.250. The lowest BCUT2D eigenvalue weighted by Gasteiger charge is -2.35. The molecule has 9 heteroatoms. The zero-order valence-corrected chi connectivity index (χ0v) is 17.7. The number of hydrogen-bond acceptors (Lipinski definition) is 6. The molecule has 6 rings (SSSR count). The van der Waals surface area contributed by atoms with Crippen molar-refractivity contribution in [1.82, 2.24) is 0 Å². The van der Waals surface area contributed by atoms with Crippen molar-refractivity contribution in [3.63, 3.8) is 0 Å². The van der Waals surface area contributed by atoms with Crippen LogP contribution in [-0.2, 0) is 8.23 Å². The van der Waals surface area contributed by atoms with E-state index in [4.69, 9.17) is 25.9 Å². The van der Waals surface area contributed by atoms with E-state index in [9.17, 15) is 0 Å². The van der Waals surface area contributed by atoms with Crippen molar-refractivity contribution >= 4 is 81.7 Å². The minimum absolute atomic E-state index is 0.757.